The maximum Gasteiger partial charge on any atom is 0.0438 e. The minimum atomic E-state index is 0.322. The smallest absolute Gasteiger partial charge is 0.0438 e. The molecule has 3 heteroatoms. The minimum Gasteiger partial charge on any atom is -0.313 e. The molecule has 0 saturated heterocycles. The van der Waals surface area contributed by atoms with E-state index in [-0.39, 0.29) is 0 Å². The second-order valence-corrected chi connectivity index (χ2v) is 5.32. The van der Waals surface area contributed by atoms with E-state index in [9.17, 15) is 0 Å². The number of hydrogen-bond acceptors (Lipinski definition) is 2. The lowest BCUT2D eigenvalue weighted by Gasteiger charge is -2.19. The zero-order valence-electron chi connectivity index (χ0n) is 10.0. The van der Waals surface area contributed by atoms with Gasteiger partial charge in [-0.3, -0.25) is 0 Å². The Balaban J connectivity index is 2.26. The van der Waals surface area contributed by atoms with Crippen molar-refractivity contribution in [1.82, 2.24) is 5.32 Å². The van der Waals surface area contributed by atoms with Gasteiger partial charge in [-0.1, -0.05) is 23.7 Å². The predicted molar refractivity (Wildman–Crippen MR) is 76.0 cm³/mol. The molecule has 1 aromatic heterocycles. The molecule has 1 N–H and O–H groups in total. The van der Waals surface area contributed by atoms with Crippen molar-refractivity contribution in [2.45, 2.75) is 19.4 Å². The molecular formula is C14H16ClNS. The first-order chi connectivity index (χ1) is 8.22. The number of benzene rings is 1. The lowest BCUT2D eigenvalue weighted by Crippen LogP contribution is -2.19. The molecule has 0 aliphatic rings. The van der Waals surface area contributed by atoms with Crippen molar-refractivity contribution in [3.05, 3.63) is 56.7 Å². The molecule has 1 atom stereocenters. The Labute approximate surface area is 111 Å². The van der Waals surface area contributed by atoms with E-state index in [0.29, 0.717) is 6.04 Å². The van der Waals surface area contributed by atoms with Crippen molar-refractivity contribution in [3.8, 4) is 0 Å². The Morgan fingerprint density at radius 3 is 2.82 bits per heavy atom. The summed E-state index contributed by atoms with van der Waals surface area (Å²) in [7, 11) is 2.00. The fourth-order valence-electron chi connectivity index (χ4n) is 2.01. The van der Waals surface area contributed by atoms with Crippen LogP contribution in [0.2, 0.25) is 5.02 Å². The van der Waals surface area contributed by atoms with Crippen LogP contribution in [0.5, 0.6) is 0 Å². The summed E-state index contributed by atoms with van der Waals surface area (Å²) in [5.41, 5.74) is 3.82. The molecule has 2 rings (SSSR count). The fraction of sp³-hybridized carbons (Fsp3) is 0.286. The zero-order valence-corrected chi connectivity index (χ0v) is 11.6. The van der Waals surface area contributed by atoms with Crippen molar-refractivity contribution in [2.75, 3.05) is 7.05 Å². The second kappa shape index (κ2) is 5.67. The molecule has 90 valence electrons. The quantitative estimate of drug-likeness (QED) is 0.873. The Morgan fingerprint density at radius 1 is 1.35 bits per heavy atom. The number of likely N-dealkylation sites (N-methyl/N-ethyl adjacent to an activating group) is 1. The Kier molecular flexibility index (Phi) is 4.21. The number of nitrogens with one attached hydrogen (secondary N) is 1. The van der Waals surface area contributed by atoms with E-state index in [0.717, 1.165) is 11.4 Å². The molecule has 0 radical (unpaired) electrons. The van der Waals surface area contributed by atoms with Gasteiger partial charge in [0.15, 0.2) is 0 Å². The van der Waals surface area contributed by atoms with Gasteiger partial charge in [-0.2, -0.15) is 11.3 Å². The van der Waals surface area contributed by atoms with Crippen molar-refractivity contribution >= 4 is 22.9 Å². The van der Waals surface area contributed by atoms with Gasteiger partial charge in [0.05, 0.1) is 0 Å². The molecule has 0 spiro atoms. The van der Waals surface area contributed by atoms with Gasteiger partial charge in [0, 0.05) is 11.1 Å². The highest BCUT2D eigenvalue weighted by Crippen LogP contribution is 2.26. The molecule has 0 aliphatic carbocycles. The summed E-state index contributed by atoms with van der Waals surface area (Å²) in [5.74, 6) is 0. The summed E-state index contributed by atoms with van der Waals surface area (Å²) < 4.78 is 0. The van der Waals surface area contributed by atoms with E-state index in [4.69, 9.17) is 11.6 Å². The van der Waals surface area contributed by atoms with Gasteiger partial charge in [-0.25, -0.2) is 0 Å². The minimum absolute atomic E-state index is 0.322. The first-order valence-corrected chi connectivity index (χ1v) is 6.98. The van der Waals surface area contributed by atoms with Gasteiger partial charge in [0.1, 0.15) is 0 Å². The number of halogens is 1. The zero-order chi connectivity index (χ0) is 12.3. The number of rotatable bonds is 4. The lowest BCUT2D eigenvalue weighted by molar-refractivity contribution is 0.590. The topological polar surface area (TPSA) is 12.0 Å². The van der Waals surface area contributed by atoms with Crippen LogP contribution >= 0.6 is 22.9 Å². The van der Waals surface area contributed by atoms with Gasteiger partial charge in [0.25, 0.3) is 0 Å². The molecule has 1 unspecified atom stereocenters. The highest BCUT2D eigenvalue weighted by atomic mass is 35.5. The SMILES string of the molecule is CNC(Cc1ccsc1)c1cccc(Cl)c1C. The monoisotopic (exact) mass is 265 g/mol. The van der Waals surface area contributed by atoms with Crippen LogP contribution in [-0.2, 0) is 6.42 Å². The first-order valence-electron chi connectivity index (χ1n) is 5.65. The van der Waals surface area contributed by atoms with Crippen LogP contribution in [0.1, 0.15) is 22.7 Å². The molecule has 17 heavy (non-hydrogen) atoms. The first kappa shape index (κ1) is 12.6. The van der Waals surface area contributed by atoms with Gasteiger partial charge in [-0.15, -0.1) is 0 Å². The Bertz CT molecular complexity index is 479. The summed E-state index contributed by atoms with van der Waals surface area (Å²) in [4.78, 5) is 0. The van der Waals surface area contributed by atoms with E-state index >= 15 is 0 Å². The summed E-state index contributed by atoms with van der Waals surface area (Å²) in [6.45, 7) is 2.08. The van der Waals surface area contributed by atoms with Crippen LogP contribution in [0.3, 0.4) is 0 Å². The van der Waals surface area contributed by atoms with E-state index in [1.807, 2.05) is 19.2 Å². The normalized spacial score (nSPS) is 12.6. The third-order valence-corrected chi connectivity index (χ3v) is 4.19. The second-order valence-electron chi connectivity index (χ2n) is 4.13. The van der Waals surface area contributed by atoms with Gasteiger partial charge < -0.3 is 5.32 Å². The highest BCUT2D eigenvalue weighted by molar-refractivity contribution is 7.07. The highest BCUT2D eigenvalue weighted by Gasteiger charge is 2.13. The van der Waals surface area contributed by atoms with Crippen molar-refractivity contribution in [1.29, 1.82) is 0 Å². The summed E-state index contributed by atoms with van der Waals surface area (Å²) in [5, 5.41) is 8.53. The average molecular weight is 266 g/mol. The van der Waals surface area contributed by atoms with Crippen molar-refractivity contribution < 1.29 is 0 Å². The van der Waals surface area contributed by atoms with Crippen LogP contribution in [0.4, 0.5) is 0 Å². The molecule has 2 aromatic rings. The van der Waals surface area contributed by atoms with Crippen LogP contribution in [0.25, 0.3) is 0 Å². The molecule has 0 saturated carbocycles. The molecule has 0 aliphatic heterocycles. The van der Waals surface area contributed by atoms with Crippen molar-refractivity contribution in [3.63, 3.8) is 0 Å². The maximum absolute atomic E-state index is 6.17. The van der Waals surface area contributed by atoms with Crippen LogP contribution in [0.15, 0.2) is 35.0 Å². The number of hydrogen-bond donors (Lipinski definition) is 1. The molecule has 1 heterocycles. The molecule has 0 bridgehead atoms. The average Bonchev–Trinajstić information content (AvgIpc) is 2.83. The lowest BCUT2D eigenvalue weighted by atomic mass is 9.96. The van der Waals surface area contributed by atoms with Crippen LogP contribution in [0, 0.1) is 6.92 Å². The van der Waals surface area contributed by atoms with Gasteiger partial charge in [0.2, 0.25) is 0 Å². The third-order valence-electron chi connectivity index (χ3n) is 3.05. The van der Waals surface area contributed by atoms with Crippen molar-refractivity contribution in [2.24, 2.45) is 0 Å². The summed E-state index contributed by atoms with van der Waals surface area (Å²) in [6, 6.07) is 8.60. The Hall–Kier alpha value is -0.830. The third kappa shape index (κ3) is 2.89. The van der Waals surface area contributed by atoms with Gasteiger partial charge in [-0.05, 0) is 60.0 Å². The standard InChI is InChI=1S/C14H16ClNS/c1-10-12(4-3-5-13(10)15)14(16-2)8-11-6-7-17-9-11/h3-7,9,14,16H,8H2,1-2H3. The van der Waals surface area contributed by atoms with E-state index in [1.165, 1.54) is 16.7 Å². The predicted octanol–water partition coefficient (Wildman–Crippen LogP) is 4.21. The largest absolute Gasteiger partial charge is 0.313 e. The van der Waals surface area contributed by atoms with E-state index in [2.05, 4.69) is 35.1 Å². The molecule has 0 fully saturated rings. The van der Waals surface area contributed by atoms with Crippen LogP contribution < -0.4 is 5.32 Å². The van der Waals surface area contributed by atoms with E-state index in [1.54, 1.807) is 11.3 Å². The molecule has 0 amide bonds. The summed E-state index contributed by atoms with van der Waals surface area (Å²) >= 11 is 7.91. The van der Waals surface area contributed by atoms with Crippen LogP contribution in [-0.4, -0.2) is 7.05 Å². The maximum atomic E-state index is 6.17. The van der Waals surface area contributed by atoms with Gasteiger partial charge >= 0.3 is 0 Å². The Morgan fingerprint density at radius 2 is 2.18 bits per heavy atom. The molecular weight excluding hydrogens is 250 g/mol. The molecule has 1 nitrogen and oxygen atoms in total. The molecule has 1 aromatic carbocycles. The van der Waals surface area contributed by atoms with E-state index < -0.39 is 0 Å². The fourth-order valence-corrected chi connectivity index (χ4v) is 2.88. The number of thiophene rings is 1. The summed E-state index contributed by atoms with van der Waals surface area (Å²) in [6.07, 6.45) is 1.00.